The van der Waals surface area contributed by atoms with Crippen LogP contribution >= 0.6 is 0 Å². The molecular formula is C14H21N3O3. The minimum atomic E-state index is -1.08. The molecule has 6 heteroatoms. The average molecular weight is 279 g/mol. The van der Waals surface area contributed by atoms with Crippen LogP contribution in [0, 0.1) is 5.92 Å². The number of nitrogens with zero attached hydrogens (tertiary/aromatic N) is 3. The van der Waals surface area contributed by atoms with Gasteiger partial charge in [-0.05, 0) is 30.9 Å². The van der Waals surface area contributed by atoms with Gasteiger partial charge in [-0.1, -0.05) is 19.3 Å². The van der Waals surface area contributed by atoms with Gasteiger partial charge in [0.25, 0.3) is 0 Å². The van der Waals surface area contributed by atoms with Gasteiger partial charge in [0.05, 0.1) is 6.61 Å². The van der Waals surface area contributed by atoms with Crippen LogP contribution in [0.15, 0.2) is 12.1 Å². The zero-order valence-corrected chi connectivity index (χ0v) is 11.5. The van der Waals surface area contributed by atoms with Crippen LogP contribution in [-0.4, -0.2) is 46.1 Å². The summed E-state index contributed by atoms with van der Waals surface area (Å²) in [4.78, 5) is 12.8. The Morgan fingerprint density at radius 1 is 1.25 bits per heavy atom. The summed E-state index contributed by atoms with van der Waals surface area (Å²) in [5.41, 5.74) is -0.0598. The molecule has 2 rings (SSSR count). The van der Waals surface area contributed by atoms with Crippen molar-refractivity contribution in [2.45, 2.75) is 32.1 Å². The van der Waals surface area contributed by atoms with Crippen LogP contribution < -0.4 is 4.90 Å². The maximum atomic E-state index is 10.8. The van der Waals surface area contributed by atoms with Crippen molar-refractivity contribution in [1.82, 2.24) is 10.2 Å². The molecule has 1 saturated carbocycles. The van der Waals surface area contributed by atoms with Crippen molar-refractivity contribution in [2.24, 2.45) is 5.92 Å². The van der Waals surface area contributed by atoms with E-state index in [9.17, 15) is 9.90 Å². The van der Waals surface area contributed by atoms with Crippen molar-refractivity contribution in [3.8, 4) is 0 Å². The molecule has 0 saturated heterocycles. The van der Waals surface area contributed by atoms with Gasteiger partial charge < -0.3 is 15.1 Å². The molecule has 110 valence electrons. The smallest absolute Gasteiger partial charge is 0.356 e. The fraction of sp³-hybridized carbons (Fsp3) is 0.643. The molecule has 0 aromatic carbocycles. The Labute approximate surface area is 118 Å². The highest BCUT2D eigenvalue weighted by atomic mass is 16.4. The van der Waals surface area contributed by atoms with Crippen molar-refractivity contribution in [3.05, 3.63) is 17.8 Å². The summed E-state index contributed by atoms with van der Waals surface area (Å²) in [5, 5.41) is 25.7. The molecule has 0 amide bonds. The van der Waals surface area contributed by atoms with Crippen LogP contribution in [-0.2, 0) is 0 Å². The Morgan fingerprint density at radius 3 is 2.55 bits per heavy atom. The van der Waals surface area contributed by atoms with Crippen LogP contribution in [0.5, 0.6) is 0 Å². The van der Waals surface area contributed by atoms with E-state index in [1.54, 1.807) is 6.07 Å². The SMILES string of the molecule is O=C(O)c1ccc(N(CCO)CC2CCCCC2)nn1. The first-order chi connectivity index (χ1) is 9.70. The summed E-state index contributed by atoms with van der Waals surface area (Å²) in [7, 11) is 0. The monoisotopic (exact) mass is 279 g/mol. The molecule has 1 heterocycles. The lowest BCUT2D eigenvalue weighted by molar-refractivity contribution is 0.0689. The molecule has 0 atom stereocenters. The second-order valence-corrected chi connectivity index (χ2v) is 5.26. The van der Waals surface area contributed by atoms with E-state index in [1.165, 1.54) is 38.2 Å². The van der Waals surface area contributed by atoms with Crippen LogP contribution in [0.1, 0.15) is 42.6 Å². The summed E-state index contributed by atoms with van der Waals surface area (Å²) < 4.78 is 0. The number of aliphatic hydroxyl groups is 1. The van der Waals surface area contributed by atoms with Gasteiger partial charge >= 0.3 is 5.97 Å². The number of hydrogen-bond acceptors (Lipinski definition) is 5. The lowest BCUT2D eigenvalue weighted by Gasteiger charge is -2.29. The van der Waals surface area contributed by atoms with Gasteiger partial charge in [-0.2, -0.15) is 0 Å². The normalized spacial score (nSPS) is 16.1. The van der Waals surface area contributed by atoms with E-state index in [2.05, 4.69) is 10.2 Å². The second kappa shape index (κ2) is 7.19. The number of carboxylic acids is 1. The van der Waals surface area contributed by atoms with E-state index in [0.717, 1.165) is 6.54 Å². The quantitative estimate of drug-likeness (QED) is 0.821. The number of aliphatic hydroxyl groups excluding tert-OH is 1. The molecule has 1 aliphatic rings. The first-order valence-electron chi connectivity index (χ1n) is 7.13. The van der Waals surface area contributed by atoms with Crippen molar-refractivity contribution in [2.75, 3.05) is 24.6 Å². The van der Waals surface area contributed by atoms with Crippen LogP contribution in [0.25, 0.3) is 0 Å². The Bertz CT molecular complexity index is 430. The van der Waals surface area contributed by atoms with Crippen LogP contribution in [0.2, 0.25) is 0 Å². The molecule has 1 fully saturated rings. The van der Waals surface area contributed by atoms with Gasteiger partial charge in [-0.15, -0.1) is 10.2 Å². The summed E-state index contributed by atoms with van der Waals surface area (Å²) >= 11 is 0. The molecule has 1 aromatic heterocycles. The Balaban J connectivity index is 2.04. The third kappa shape index (κ3) is 3.90. The fourth-order valence-electron chi connectivity index (χ4n) is 2.71. The average Bonchev–Trinajstić information content (AvgIpc) is 2.48. The molecular weight excluding hydrogens is 258 g/mol. The molecule has 20 heavy (non-hydrogen) atoms. The van der Waals surface area contributed by atoms with E-state index >= 15 is 0 Å². The van der Waals surface area contributed by atoms with Gasteiger partial charge in [0.15, 0.2) is 11.5 Å². The van der Waals surface area contributed by atoms with Crippen molar-refractivity contribution < 1.29 is 15.0 Å². The van der Waals surface area contributed by atoms with Gasteiger partial charge in [0.1, 0.15) is 0 Å². The van der Waals surface area contributed by atoms with Gasteiger partial charge in [0.2, 0.25) is 0 Å². The zero-order chi connectivity index (χ0) is 14.4. The summed E-state index contributed by atoms with van der Waals surface area (Å²) in [6, 6.07) is 3.12. The Morgan fingerprint density at radius 2 is 2.00 bits per heavy atom. The summed E-state index contributed by atoms with van der Waals surface area (Å²) in [5.74, 6) is 0.177. The zero-order valence-electron chi connectivity index (χ0n) is 11.5. The van der Waals surface area contributed by atoms with Crippen molar-refractivity contribution in [1.29, 1.82) is 0 Å². The predicted octanol–water partition coefficient (Wildman–Crippen LogP) is 1.55. The Hall–Kier alpha value is -1.69. The summed E-state index contributed by atoms with van der Waals surface area (Å²) in [6.45, 7) is 1.40. The van der Waals surface area contributed by atoms with E-state index in [4.69, 9.17) is 5.11 Å². The van der Waals surface area contributed by atoms with E-state index in [0.29, 0.717) is 18.3 Å². The van der Waals surface area contributed by atoms with E-state index < -0.39 is 5.97 Å². The topological polar surface area (TPSA) is 86.5 Å². The molecule has 0 bridgehead atoms. The van der Waals surface area contributed by atoms with E-state index in [-0.39, 0.29) is 12.3 Å². The molecule has 6 nitrogen and oxygen atoms in total. The fourth-order valence-corrected chi connectivity index (χ4v) is 2.71. The van der Waals surface area contributed by atoms with E-state index in [1.807, 2.05) is 4.90 Å². The first-order valence-corrected chi connectivity index (χ1v) is 7.13. The molecule has 1 aliphatic carbocycles. The van der Waals surface area contributed by atoms with Crippen molar-refractivity contribution >= 4 is 11.8 Å². The number of aromatic nitrogens is 2. The minimum absolute atomic E-state index is 0.0507. The van der Waals surface area contributed by atoms with Crippen LogP contribution in [0.4, 0.5) is 5.82 Å². The van der Waals surface area contributed by atoms with Crippen molar-refractivity contribution in [3.63, 3.8) is 0 Å². The maximum absolute atomic E-state index is 10.8. The lowest BCUT2D eigenvalue weighted by atomic mass is 9.89. The molecule has 0 aliphatic heterocycles. The molecule has 0 radical (unpaired) electrons. The highest BCUT2D eigenvalue weighted by molar-refractivity contribution is 5.85. The van der Waals surface area contributed by atoms with Gasteiger partial charge in [0, 0.05) is 13.1 Å². The minimum Gasteiger partial charge on any atom is -0.476 e. The van der Waals surface area contributed by atoms with Crippen LogP contribution in [0.3, 0.4) is 0 Å². The predicted molar refractivity (Wildman–Crippen MR) is 74.9 cm³/mol. The largest absolute Gasteiger partial charge is 0.476 e. The molecule has 0 unspecified atom stereocenters. The maximum Gasteiger partial charge on any atom is 0.356 e. The number of aromatic carboxylic acids is 1. The lowest BCUT2D eigenvalue weighted by Crippen LogP contribution is -2.33. The summed E-state index contributed by atoms with van der Waals surface area (Å²) in [6.07, 6.45) is 6.26. The number of anilines is 1. The number of hydrogen-bond donors (Lipinski definition) is 2. The number of rotatable bonds is 6. The molecule has 0 spiro atoms. The van der Waals surface area contributed by atoms with Gasteiger partial charge in [-0.25, -0.2) is 4.79 Å². The number of carbonyl (C=O) groups is 1. The number of carboxylic acid groups (broad SMARTS) is 1. The highest BCUT2D eigenvalue weighted by Crippen LogP contribution is 2.25. The first kappa shape index (κ1) is 14.7. The standard InChI is InChI=1S/C14H21N3O3/c18-9-8-17(10-11-4-2-1-3-5-11)13-7-6-12(14(19)20)15-16-13/h6-7,11,18H,1-5,8-10H2,(H,19,20). The second-order valence-electron chi connectivity index (χ2n) is 5.26. The third-order valence-electron chi connectivity index (χ3n) is 3.77. The van der Waals surface area contributed by atoms with Gasteiger partial charge in [-0.3, -0.25) is 0 Å². The molecule has 2 N–H and O–H groups in total. The third-order valence-corrected chi connectivity index (χ3v) is 3.77. The molecule has 1 aromatic rings. The highest BCUT2D eigenvalue weighted by Gasteiger charge is 2.18. The Kier molecular flexibility index (Phi) is 5.29.